The number of rotatable bonds is 2. The van der Waals surface area contributed by atoms with E-state index >= 15 is 0 Å². The van der Waals surface area contributed by atoms with Crippen molar-refractivity contribution in [1.82, 2.24) is 4.90 Å². The van der Waals surface area contributed by atoms with Gasteiger partial charge < -0.3 is 10.0 Å². The van der Waals surface area contributed by atoms with Gasteiger partial charge in [0.1, 0.15) is 0 Å². The molecule has 0 radical (unpaired) electrons. The average Bonchev–Trinajstić information content (AvgIpc) is 2.76. The quantitative estimate of drug-likeness (QED) is 0.897. The second-order valence-corrected chi connectivity index (χ2v) is 6.87. The lowest BCUT2D eigenvalue weighted by molar-refractivity contribution is 0.199. The Bertz CT molecular complexity index is 478. The number of benzene rings is 1. The zero-order valence-electron chi connectivity index (χ0n) is 12.1. The van der Waals surface area contributed by atoms with Crippen LogP contribution in [-0.2, 0) is 0 Å². The molecular formula is C16H23BrN2O. The molecule has 0 bridgehead atoms. The first-order chi connectivity index (χ1) is 9.65. The fourth-order valence-electron chi connectivity index (χ4n) is 3.46. The van der Waals surface area contributed by atoms with Crippen LogP contribution in [0.25, 0.3) is 0 Å². The molecule has 110 valence electrons. The number of hydrogen-bond donors (Lipinski definition) is 1. The smallest absolute Gasteiger partial charge is 0.0762 e. The van der Waals surface area contributed by atoms with Crippen molar-refractivity contribution in [1.29, 1.82) is 0 Å². The lowest BCUT2D eigenvalue weighted by atomic mass is 10.1. The second-order valence-electron chi connectivity index (χ2n) is 6.02. The third-order valence-corrected chi connectivity index (χ3v) is 5.23. The molecule has 1 N–H and O–H groups in total. The maximum atomic E-state index is 9.68. The minimum Gasteiger partial charge on any atom is -0.389 e. The molecule has 1 aromatic rings. The Balaban J connectivity index is 1.81. The van der Waals surface area contributed by atoms with Crippen LogP contribution >= 0.6 is 15.9 Å². The minimum atomic E-state index is -0.408. The second kappa shape index (κ2) is 6.04. The first-order valence-electron chi connectivity index (χ1n) is 7.61. The highest BCUT2D eigenvalue weighted by Crippen LogP contribution is 2.32. The lowest BCUT2D eigenvalue weighted by Crippen LogP contribution is -2.36. The van der Waals surface area contributed by atoms with E-state index < -0.39 is 6.10 Å². The van der Waals surface area contributed by atoms with Crippen LogP contribution in [-0.4, -0.2) is 42.2 Å². The molecule has 2 aliphatic rings. The highest BCUT2D eigenvalue weighted by atomic mass is 79.9. The molecule has 0 spiro atoms. The van der Waals surface area contributed by atoms with Gasteiger partial charge in [-0.15, -0.1) is 0 Å². The highest BCUT2D eigenvalue weighted by Gasteiger charge is 2.29. The largest absolute Gasteiger partial charge is 0.389 e. The van der Waals surface area contributed by atoms with Crippen molar-refractivity contribution in [3.05, 3.63) is 28.2 Å². The normalized spacial score (nSPS) is 25.4. The summed E-state index contributed by atoms with van der Waals surface area (Å²) in [4.78, 5) is 5.16. The molecule has 0 aromatic heterocycles. The van der Waals surface area contributed by atoms with Crippen LogP contribution in [0.15, 0.2) is 22.7 Å². The van der Waals surface area contributed by atoms with Crippen molar-refractivity contribution >= 4 is 21.6 Å². The maximum Gasteiger partial charge on any atom is 0.0762 e. The van der Waals surface area contributed by atoms with Crippen LogP contribution in [0.2, 0.25) is 0 Å². The van der Waals surface area contributed by atoms with Gasteiger partial charge in [0.05, 0.1) is 11.8 Å². The average molecular weight is 339 g/mol. The summed E-state index contributed by atoms with van der Waals surface area (Å²) in [5.41, 5.74) is 2.24. The van der Waals surface area contributed by atoms with E-state index in [9.17, 15) is 5.11 Å². The number of aliphatic hydroxyl groups is 1. The molecule has 2 fully saturated rings. The minimum absolute atomic E-state index is 0.408. The van der Waals surface area contributed by atoms with Crippen molar-refractivity contribution in [2.75, 3.05) is 31.1 Å². The number of aliphatic hydroxyl groups excluding tert-OH is 1. The fraction of sp³-hybridized carbons (Fsp3) is 0.625. The molecule has 3 rings (SSSR count). The van der Waals surface area contributed by atoms with E-state index in [-0.39, 0.29) is 0 Å². The number of nitrogens with zero attached hydrogens (tertiary/aromatic N) is 2. The standard InChI is InChI=1S/C16H23BrN2O/c1-12(20)13-5-6-16(15(17)10-13)19-9-3-8-18-7-2-4-14(18)11-19/h5-6,10,12,14,20H,2-4,7-9,11H2,1H3. The van der Waals surface area contributed by atoms with Crippen LogP contribution in [0.3, 0.4) is 0 Å². The van der Waals surface area contributed by atoms with Crippen molar-refractivity contribution < 1.29 is 5.11 Å². The summed E-state index contributed by atoms with van der Waals surface area (Å²) in [6.45, 7) is 6.58. The predicted octanol–water partition coefficient (Wildman–Crippen LogP) is 3.18. The Morgan fingerprint density at radius 2 is 2.05 bits per heavy atom. The summed E-state index contributed by atoms with van der Waals surface area (Å²) in [6.07, 6.45) is 3.51. The van der Waals surface area contributed by atoms with E-state index in [0.717, 1.165) is 29.2 Å². The van der Waals surface area contributed by atoms with Gasteiger partial charge in [0.2, 0.25) is 0 Å². The van der Waals surface area contributed by atoms with Crippen LogP contribution in [0.1, 0.15) is 37.9 Å². The van der Waals surface area contributed by atoms with Gasteiger partial charge in [0, 0.05) is 30.1 Å². The van der Waals surface area contributed by atoms with E-state index in [2.05, 4.69) is 37.9 Å². The van der Waals surface area contributed by atoms with Gasteiger partial charge in [-0.2, -0.15) is 0 Å². The van der Waals surface area contributed by atoms with E-state index in [0.29, 0.717) is 0 Å². The first-order valence-corrected chi connectivity index (χ1v) is 8.41. The number of anilines is 1. The van der Waals surface area contributed by atoms with Crippen LogP contribution in [0, 0.1) is 0 Å². The van der Waals surface area contributed by atoms with Gasteiger partial charge in [0.25, 0.3) is 0 Å². The zero-order valence-corrected chi connectivity index (χ0v) is 13.6. The van der Waals surface area contributed by atoms with E-state index in [4.69, 9.17) is 0 Å². The molecule has 2 heterocycles. The SMILES string of the molecule is CC(O)c1ccc(N2CCCN3CCCC3C2)c(Br)c1. The first kappa shape index (κ1) is 14.4. The molecule has 1 aromatic carbocycles. The van der Waals surface area contributed by atoms with Gasteiger partial charge in [-0.25, -0.2) is 0 Å². The molecule has 0 saturated carbocycles. The molecule has 2 unspecified atom stereocenters. The topological polar surface area (TPSA) is 26.7 Å². The molecule has 2 atom stereocenters. The van der Waals surface area contributed by atoms with Crippen molar-refractivity contribution in [3.63, 3.8) is 0 Å². The summed E-state index contributed by atoms with van der Waals surface area (Å²) in [5, 5.41) is 9.68. The number of fused-ring (bicyclic) bond motifs is 1. The molecule has 0 amide bonds. The summed E-state index contributed by atoms with van der Waals surface area (Å²) in [6, 6.07) is 6.97. The molecule has 2 saturated heterocycles. The van der Waals surface area contributed by atoms with Crippen molar-refractivity contribution in [2.45, 2.75) is 38.3 Å². The molecule has 4 heteroatoms. The van der Waals surface area contributed by atoms with Crippen molar-refractivity contribution in [2.24, 2.45) is 0 Å². The third-order valence-electron chi connectivity index (χ3n) is 4.60. The molecule has 0 aliphatic carbocycles. The van der Waals surface area contributed by atoms with Crippen LogP contribution < -0.4 is 4.90 Å². The van der Waals surface area contributed by atoms with Gasteiger partial charge in [-0.05, 0) is 66.4 Å². The van der Waals surface area contributed by atoms with Gasteiger partial charge in [-0.1, -0.05) is 6.07 Å². The van der Waals surface area contributed by atoms with Crippen LogP contribution in [0.4, 0.5) is 5.69 Å². The monoisotopic (exact) mass is 338 g/mol. The Hall–Kier alpha value is -0.580. The van der Waals surface area contributed by atoms with E-state index in [1.807, 2.05) is 13.0 Å². The van der Waals surface area contributed by atoms with E-state index in [1.165, 1.54) is 38.0 Å². The Morgan fingerprint density at radius 3 is 2.80 bits per heavy atom. The fourth-order valence-corrected chi connectivity index (χ4v) is 4.11. The van der Waals surface area contributed by atoms with Gasteiger partial charge in [-0.3, -0.25) is 4.90 Å². The maximum absolute atomic E-state index is 9.68. The van der Waals surface area contributed by atoms with Gasteiger partial charge in [0.15, 0.2) is 0 Å². The molecular weight excluding hydrogens is 316 g/mol. The highest BCUT2D eigenvalue weighted by molar-refractivity contribution is 9.10. The molecule has 20 heavy (non-hydrogen) atoms. The predicted molar refractivity (Wildman–Crippen MR) is 86.2 cm³/mol. The zero-order chi connectivity index (χ0) is 14.1. The van der Waals surface area contributed by atoms with Gasteiger partial charge >= 0.3 is 0 Å². The summed E-state index contributed by atoms with van der Waals surface area (Å²) in [7, 11) is 0. The van der Waals surface area contributed by atoms with Crippen LogP contribution in [0.5, 0.6) is 0 Å². The summed E-state index contributed by atoms with van der Waals surface area (Å²) < 4.78 is 1.10. The third kappa shape index (κ3) is 2.87. The summed E-state index contributed by atoms with van der Waals surface area (Å²) >= 11 is 3.68. The Labute approximate surface area is 129 Å². The molecule has 3 nitrogen and oxygen atoms in total. The van der Waals surface area contributed by atoms with E-state index in [1.54, 1.807) is 0 Å². The summed E-state index contributed by atoms with van der Waals surface area (Å²) in [5.74, 6) is 0. The Kier molecular flexibility index (Phi) is 4.34. The lowest BCUT2D eigenvalue weighted by Gasteiger charge is -2.28. The molecule has 2 aliphatic heterocycles. The van der Waals surface area contributed by atoms with Crippen molar-refractivity contribution in [3.8, 4) is 0 Å². The number of halogens is 1. The number of hydrogen-bond acceptors (Lipinski definition) is 3. The Morgan fingerprint density at radius 1 is 1.25 bits per heavy atom.